The number of hydrogen-bond donors (Lipinski definition) is 1. The molecule has 19 heavy (non-hydrogen) atoms. The molecule has 2 rings (SSSR count). The predicted molar refractivity (Wildman–Crippen MR) is 81.0 cm³/mol. The molecular formula is C18H19N. The SMILES string of the molecule is Cc1cccc(C#Cc2cccc(CCCN)c2)c1. The minimum atomic E-state index is 0.735. The number of nitrogens with two attached hydrogens (primary N) is 1. The summed E-state index contributed by atoms with van der Waals surface area (Å²) < 4.78 is 0. The van der Waals surface area contributed by atoms with E-state index < -0.39 is 0 Å². The van der Waals surface area contributed by atoms with Crippen LogP contribution < -0.4 is 5.73 Å². The second-order valence-electron chi connectivity index (χ2n) is 4.71. The van der Waals surface area contributed by atoms with E-state index in [1.54, 1.807) is 0 Å². The molecule has 0 aromatic heterocycles. The molecular weight excluding hydrogens is 230 g/mol. The molecule has 0 unspecified atom stereocenters. The van der Waals surface area contributed by atoms with Crippen LogP contribution in [0.1, 0.15) is 28.7 Å². The van der Waals surface area contributed by atoms with Crippen molar-refractivity contribution in [3.63, 3.8) is 0 Å². The summed E-state index contributed by atoms with van der Waals surface area (Å²) in [5.74, 6) is 6.43. The lowest BCUT2D eigenvalue weighted by molar-refractivity contribution is 0.832. The Morgan fingerprint density at radius 2 is 1.63 bits per heavy atom. The fourth-order valence-corrected chi connectivity index (χ4v) is 1.98. The van der Waals surface area contributed by atoms with Gasteiger partial charge in [0.05, 0.1) is 0 Å². The minimum absolute atomic E-state index is 0.735. The number of aryl methyl sites for hydroxylation is 2. The molecule has 1 heteroatoms. The van der Waals surface area contributed by atoms with Crippen molar-refractivity contribution >= 4 is 0 Å². The van der Waals surface area contributed by atoms with Crippen LogP contribution in [0, 0.1) is 18.8 Å². The molecule has 0 saturated carbocycles. The summed E-state index contributed by atoms with van der Waals surface area (Å²) in [5, 5.41) is 0. The van der Waals surface area contributed by atoms with Gasteiger partial charge >= 0.3 is 0 Å². The average Bonchev–Trinajstić information content (AvgIpc) is 2.43. The second-order valence-corrected chi connectivity index (χ2v) is 4.71. The van der Waals surface area contributed by atoms with Crippen molar-refractivity contribution in [3.8, 4) is 11.8 Å². The molecule has 0 radical (unpaired) electrons. The van der Waals surface area contributed by atoms with Crippen LogP contribution in [-0.2, 0) is 6.42 Å². The largest absolute Gasteiger partial charge is 0.330 e. The Labute approximate surface area is 115 Å². The normalized spacial score (nSPS) is 9.79. The van der Waals surface area contributed by atoms with Gasteiger partial charge in [0.25, 0.3) is 0 Å². The van der Waals surface area contributed by atoms with Gasteiger partial charge in [0.15, 0.2) is 0 Å². The Morgan fingerprint density at radius 1 is 0.947 bits per heavy atom. The highest BCUT2D eigenvalue weighted by Gasteiger charge is 1.94. The lowest BCUT2D eigenvalue weighted by Crippen LogP contribution is -2.00. The average molecular weight is 249 g/mol. The van der Waals surface area contributed by atoms with Crippen LogP contribution in [0.25, 0.3) is 0 Å². The van der Waals surface area contributed by atoms with Crippen molar-refractivity contribution in [1.29, 1.82) is 0 Å². The van der Waals surface area contributed by atoms with E-state index in [1.165, 1.54) is 11.1 Å². The van der Waals surface area contributed by atoms with Gasteiger partial charge in [0.2, 0.25) is 0 Å². The van der Waals surface area contributed by atoms with Gasteiger partial charge in [0, 0.05) is 11.1 Å². The second kappa shape index (κ2) is 6.78. The quantitative estimate of drug-likeness (QED) is 0.830. The molecule has 96 valence electrons. The Balaban J connectivity index is 2.15. The zero-order valence-corrected chi connectivity index (χ0v) is 11.3. The Hall–Kier alpha value is -2.04. The molecule has 0 aliphatic heterocycles. The van der Waals surface area contributed by atoms with Gasteiger partial charge in [-0.25, -0.2) is 0 Å². The Kier molecular flexibility index (Phi) is 4.78. The first kappa shape index (κ1) is 13.4. The first-order valence-corrected chi connectivity index (χ1v) is 6.65. The van der Waals surface area contributed by atoms with Gasteiger partial charge in [-0.05, 0) is 61.7 Å². The summed E-state index contributed by atoms with van der Waals surface area (Å²) in [7, 11) is 0. The van der Waals surface area contributed by atoms with Crippen LogP contribution in [0.3, 0.4) is 0 Å². The molecule has 0 bridgehead atoms. The molecule has 0 atom stereocenters. The zero-order valence-electron chi connectivity index (χ0n) is 11.3. The van der Waals surface area contributed by atoms with Crippen LogP contribution in [0.2, 0.25) is 0 Å². The van der Waals surface area contributed by atoms with E-state index >= 15 is 0 Å². The van der Waals surface area contributed by atoms with Crippen LogP contribution in [0.4, 0.5) is 0 Å². The molecule has 0 fully saturated rings. The van der Waals surface area contributed by atoms with Gasteiger partial charge in [-0.1, -0.05) is 36.1 Å². The van der Waals surface area contributed by atoms with Crippen molar-refractivity contribution < 1.29 is 0 Å². The highest BCUT2D eigenvalue weighted by molar-refractivity contribution is 5.44. The van der Waals surface area contributed by atoms with E-state index in [2.05, 4.69) is 55.2 Å². The van der Waals surface area contributed by atoms with Crippen molar-refractivity contribution in [2.75, 3.05) is 6.54 Å². The van der Waals surface area contributed by atoms with E-state index in [9.17, 15) is 0 Å². The summed E-state index contributed by atoms with van der Waals surface area (Å²) in [6.07, 6.45) is 2.05. The van der Waals surface area contributed by atoms with E-state index in [0.29, 0.717) is 0 Å². The fraction of sp³-hybridized carbons (Fsp3) is 0.222. The van der Waals surface area contributed by atoms with E-state index in [4.69, 9.17) is 5.73 Å². The zero-order chi connectivity index (χ0) is 13.5. The van der Waals surface area contributed by atoms with Gasteiger partial charge in [-0.3, -0.25) is 0 Å². The van der Waals surface area contributed by atoms with Crippen molar-refractivity contribution in [1.82, 2.24) is 0 Å². The summed E-state index contributed by atoms with van der Waals surface area (Å²) in [4.78, 5) is 0. The summed E-state index contributed by atoms with van der Waals surface area (Å²) in [6, 6.07) is 16.7. The molecule has 0 aliphatic rings. The van der Waals surface area contributed by atoms with Gasteiger partial charge < -0.3 is 5.73 Å². The molecule has 0 spiro atoms. The Bertz CT molecular complexity index is 602. The van der Waals surface area contributed by atoms with Gasteiger partial charge in [-0.2, -0.15) is 0 Å². The molecule has 2 aromatic rings. The lowest BCUT2D eigenvalue weighted by atomic mass is 10.1. The number of hydrogen-bond acceptors (Lipinski definition) is 1. The highest BCUT2D eigenvalue weighted by Crippen LogP contribution is 2.07. The smallest absolute Gasteiger partial charge is 0.0251 e. The third kappa shape index (κ3) is 4.28. The predicted octanol–water partition coefficient (Wildman–Crippen LogP) is 3.29. The standard InChI is InChI=1S/C18H19N/c1-15-5-2-6-17(13-15)10-11-18-8-3-7-16(14-18)9-4-12-19/h2-3,5-8,13-14H,4,9,12,19H2,1H3. The van der Waals surface area contributed by atoms with Crippen LogP contribution in [0.15, 0.2) is 48.5 Å². The molecule has 0 saturated heterocycles. The number of rotatable bonds is 3. The Morgan fingerprint density at radius 3 is 2.32 bits per heavy atom. The molecule has 0 amide bonds. The van der Waals surface area contributed by atoms with Crippen molar-refractivity contribution in [2.45, 2.75) is 19.8 Å². The molecule has 1 nitrogen and oxygen atoms in total. The van der Waals surface area contributed by atoms with E-state index in [0.717, 1.165) is 30.5 Å². The lowest BCUT2D eigenvalue weighted by Gasteiger charge is -2.00. The van der Waals surface area contributed by atoms with E-state index in [-0.39, 0.29) is 0 Å². The first-order valence-electron chi connectivity index (χ1n) is 6.65. The third-order valence-electron chi connectivity index (χ3n) is 2.97. The van der Waals surface area contributed by atoms with Gasteiger partial charge in [0.1, 0.15) is 0 Å². The summed E-state index contributed by atoms with van der Waals surface area (Å²) in [6.45, 7) is 2.82. The van der Waals surface area contributed by atoms with Crippen LogP contribution in [0.5, 0.6) is 0 Å². The fourth-order valence-electron chi connectivity index (χ4n) is 1.98. The van der Waals surface area contributed by atoms with Crippen molar-refractivity contribution in [2.24, 2.45) is 5.73 Å². The molecule has 0 aliphatic carbocycles. The third-order valence-corrected chi connectivity index (χ3v) is 2.97. The van der Waals surface area contributed by atoms with Crippen LogP contribution in [-0.4, -0.2) is 6.54 Å². The molecule has 0 heterocycles. The topological polar surface area (TPSA) is 26.0 Å². The maximum absolute atomic E-state index is 5.54. The van der Waals surface area contributed by atoms with E-state index in [1.807, 2.05) is 12.1 Å². The first-order chi connectivity index (χ1) is 9.28. The molecule has 2 N–H and O–H groups in total. The van der Waals surface area contributed by atoms with Crippen molar-refractivity contribution in [3.05, 3.63) is 70.8 Å². The maximum Gasteiger partial charge on any atom is 0.0251 e. The summed E-state index contributed by atoms with van der Waals surface area (Å²) >= 11 is 0. The van der Waals surface area contributed by atoms with Crippen LogP contribution >= 0.6 is 0 Å². The summed E-state index contributed by atoms with van der Waals surface area (Å²) in [5.41, 5.74) is 10.2. The molecule has 2 aromatic carbocycles. The minimum Gasteiger partial charge on any atom is -0.330 e. The maximum atomic E-state index is 5.54. The number of benzene rings is 2. The monoisotopic (exact) mass is 249 g/mol. The van der Waals surface area contributed by atoms with Gasteiger partial charge in [-0.15, -0.1) is 0 Å². The highest BCUT2D eigenvalue weighted by atomic mass is 14.5.